The summed E-state index contributed by atoms with van der Waals surface area (Å²) >= 11 is 6.30. The molecule has 1 unspecified atom stereocenters. The van der Waals surface area contributed by atoms with Gasteiger partial charge in [0.05, 0.1) is 22.5 Å². The van der Waals surface area contributed by atoms with Gasteiger partial charge in [-0.25, -0.2) is 0 Å². The molecule has 1 aromatic heterocycles. The van der Waals surface area contributed by atoms with Crippen molar-refractivity contribution >= 4 is 11.6 Å². The van der Waals surface area contributed by atoms with Crippen LogP contribution in [0.3, 0.4) is 0 Å². The van der Waals surface area contributed by atoms with Gasteiger partial charge in [-0.15, -0.1) is 0 Å². The van der Waals surface area contributed by atoms with E-state index in [1.54, 1.807) is 0 Å². The van der Waals surface area contributed by atoms with Gasteiger partial charge in [-0.2, -0.15) is 5.10 Å². The van der Waals surface area contributed by atoms with Gasteiger partial charge in [0.25, 0.3) is 0 Å². The lowest BCUT2D eigenvalue weighted by Crippen LogP contribution is -2.21. The Morgan fingerprint density at radius 2 is 2.11 bits per heavy atom. The van der Waals surface area contributed by atoms with E-state index in [0.29, 0.717) is 6.54 Å². The summed E-state index contributed by atoms with van der Waals surface area (Å²) in [5, 5.41) is 18.0. The Kier molecular flexibility index (Phi) is 6.68. The molecule has 0 aliphatic rings. The van der Waals surface area contributed by atoms with E-state index >= 15 is 0 Å². The molecule has 2 N–H and O–H groups in total. The largest absolute Gasteiger partial charge is 0.393 e. The molecule has 5 heteroatoms. The number of aliphatic hydroxyl groups excluding tert-OH is 1. The fraction of sp³-hybridized carbons (Fsp3) is 0.769. The van der Waals surface area contributed by atoms with Gasteiger partial charge in [0.1, 0.15) is 0 Å². The first kappa shape index (κ1) is 15.5. The van der Waals surface area contributed by atoms with Crippen molar-refractivity contribution in [3.63, 3.8) is 0 Å². The van der Waals surface area contributed by atoms with Gasteiger partial charge in [-0.3, -0.25) is 4.68 Å². The van der Waals surface area contributed by atoms with Crippen LogP contribution < -0.4 is 5.32 Å². The van der Waals surface area contributed by atoms with Crippen LogP contribution >= 0.6 is 11.6 Å². The van der Waals surface area contributed by atoms with Gasteiger partial charge in [0.2, 0.25) is 0 Å². The van der Waals surface area contributed by atoms with Crippen molar-refractivity contribution in [3.05, 3.63) is 16.4 Å². The van der Waals surface area contributed by atoms with Gasteiger partial charge in [-0.05, 0) is 32.7 Å². The third kappa shape index (κ3) is 3.97. The van der Waals surface area contributed by atoms with Crippen molar-refractivity contribution in [2.45, 2.75) is 59.2 Å². The molecular weight excluding hydrogens is 250 g/mol. The van der Waals surface area contributed by atoms with Crippen LogP contribution in [0.1, 0.15) is 45.0 Å². The Morgan fingerprint density at radius 1 is 1.39 bits per heavy atom. The molecule has 0 aromatic carbocycles. The van der Waals surface area contributed by atoms with E-state index in [-0.39, 0.29) is 6.10 Å². The van der Waals surface area contributed by atoms with Gasteiger partial charge < -0.3 is 10.4 Å². The monoisotopic (exact) mass is 273 g/mol. The van der Waals surface area contributed by atoms with E-state index in [4.69, 9.17) is 11.6 Å². The first-order valence-electron chi connectivity index (χ1n) is 6.76. The summed E-state index contributed by atoms with van der Waals surface area (Å²) in [6.07, 6.45) is 2.22. The molecule has 1 rings (SSSR count). The lowest BCUT2D eigenvalue weighted by atomic mass is 10.2. The fourth-order valence-electron chi connectivity index (χ4n) is 1.87. The molecule has 1 atom stereocenters. The molecule has 0 aliphatic heterocycles. The highest BCUT2D eigenvalue weighted by Crippen LogP contribution is 2.21. The number of hydrogen-bond acceptors (Lipinski definition) is 3. The molecule has 1 aromatic rings. The lowest BCUT2D eigenvalue weighted by Gasteiger charge is -2.10. The number of aliphatic hydroxyl groups is 1. The molecule has 0 spiro atoms. The zero-order valence-corrected chi connectivity index (χ0v) is 12.3. The molecule has 0 fully saturated rings. The Labute approximate surface area is 114 Å². The normalized spacial score (nSPS) is 12.9. The van der Waals surface area contributed by atoms with E-state index in [1.807, 2.05) is 11.6 Å². The van der Waals surface area contributed by atoms with Crippen LogP contribution in [-0.4, -0.2) is 27.5 Å². The summed E-state index contributed by atoms with van der Waals surface area (Å²) < 4.78 is 1.95. The topological polar surface area (TPSA) is 50.1 Å². The van der Waals surface area contributed by atoms with Gasteiger partial charge >= 0.3 is 0 Å². The molecule has 0 bridgehead atoms. The summed E-state index contributed by atoms with van der Waals surface area (Å²) in [6.45, 7) is 8.43. The molecule has 0 saturated heterocycles. The Hall–Kier alpha value is -0.580. The third-order valence-corrected chi connectivity index (χ3v) is 3.55. The quantitative estimate of drug-likeness (QED) is 0.715. The molecule has 0 amide bonds. The maximum absolute atomic E-state index is 9.47. The minimum absolute atomic E-state index is 0.213. The van der Waals surface area contributed by atoms with E-state index in [0.717, 1.165) is 48.8 Å². The smallest absolute Gasteiger partial charge is 0.0863 e. The molecule has 104 valence electrons. The standard InChI is InChI=1S/C13H24ClN3O/c1-4-10(18)7-8-15-9-12-13(14)11(5-2)16-17(12)6-3/h10,15,18H,4-9H2,1-3H3. The van der Waals surface area contributed by atoms with Crippen molar-refractivity contribution in [1.82, 2.24) is 15.1 Å². The van der Waals surface area contributed by atoms with Gasteiger partial charge in [-0.1, -0.05) is 25.4 Å². The first-order chi connectivity index (χ1) is 8.63. The lowest BCUT2D eigenvalue weighted by molar-refractivity contribution is 0.159. The molecule has 0 radical (unpaired) electrons. The highest BCUT2D eigenvalue weighted by molar-refractivity contribution is 6.31. The van der Waals surface area contributed by atoms with Crippen LogP contribution in [0, 0.1) is 0 Å². The van der Waals surface area contributed by atoms with E-state index in [2.05, 4.69) is 24.3 Å². The van der Waals surface area contributed by atoms with E-state index < -0.39 is 0 Å². The molecular formula is C13H24ClN3O. The van der Waals surface area contributed by atoms with Crippen molar-refractivity contribution in [2.24, 2.45) is 0 Å². The van der Waals surface area contributed by atoms with Crippen LogP contribution in [0.5, 0.6) is 0 Å². The predicted octanol–water partition coefficient (Wildman–Crippen LogP) is 2.37. The molecule has 0 saturated carbocycles. The number of aromatic nitrogens is 2. The number of nitrogens with one attached hydrogen (secondary N) is 1. The second kappa shape index (κ2) is 7.77. The Balaban J connectivity index is 2.53. The predicted molar refractivity (Wildman–Crippen MR) is 74.9 cm³/mol. The minimum Gasteiger partial charge on any atom is -0.393 e. The average molecular weight is 274 g/mol. The molecule has 18 heavy (non-hydrogen) atoms. The molecule has 0 aliphatic carbocycles. The maximum Gasteiger partial charge on any atom is 0.0863 e. The maximum atomic E-state index is 9.47. The zero-order chi connectivity index (χ0) is 13.5. The van der Waals surface area contributed by atoms with Gasteiger partial charge in [0, 0.05) is 13.1 Å². The van der Waals surface area contributed by atoms with Crippen molar-refractivity contribution < 1.29 is 5.11 Å². The first-order valence-corrected chi connectivity index (χ1v) is 7.14. The number of rotatable bonds is 8. The zero-order valence-electron chi connectivity index (χ0n) is 11.5. The van der Waals surface area contributed by atoms with Crippen LogP contribution in [0.4, 0.5) is 0 Å². The van der Waals surface area contributed by atoms with E-state index in [9.17, 15) is 5.11 Å². The summed E-state index contributed by atoms with van der Waals surface area (Å²) in [4.78, 5) is 0. The summed E-state index contributed by atoms with van der Waals surface area (Å²) in [7, 11) is 0. The van der Waals surface area contributed by atoms with Crippen LogP contribution in [-0.2, 0) is 19.5 Å². The number of halogens is 1. The highest BCUT2D eigenvalue weighted by atomic mass is 35.5. The van der Waals surface area contributed by atoms with Crippen molar-refractivity contribution in [3.8, 4) is 0 Å². The highest BCUT2D eigenvalue weighted by Gasteiger charge is 2.13. The van der Waals surface area contributed by atoms with Gasteiger partial charge in [0.15, 0.2) is 0 Å². The molecule has 4 nitrogen and oxygen atoms in total. The SMILES string of the molecule is CCc1nn(CC)c(CNCCC(O)CC)c1Cl. The minimum atomic E-state index is -0.213. The summed E-state index contributed by atoms with van der Waals surface area (Å²) in [6, 6.07) is 0. The average Bonchev–Trinajstić information content (AvgIpc) is 2.70. The second-order valence-corrected chi connectivity index (χ2v) is 4.78. The van der Waals surface area contributed by atoms with Crippen LogP contribution in [0.15, 0.2) is 0 Å². The Bertz CT molecular complexity index is 365. The number of hydrogen-bond donors (Lipinski definition) is 2. The number of aryl methyl sites for hydroxylation is 2. The van der Waals surface area contributed by atoms with Crippen molar-refractivity contribution in [1.29, 1.82) is 0 Å². The number of nitrogens with zero attached hydrogens (tertiary/aromatic N) is 2. The van der Waals surface area contributed by atoms with Crippen molar-refractivity contribution in [2.75, 3.05) is 6.54 Å². The second-order valence-electron chi connectivity index (χ2n) is 4.40. The summed E-state index contributed by atoms with van der Waals surface area (Å²) in [5.74, 6) is 0. The third-order valence-electron chi connectivity index (χ3n) is 3.11. The van der Waals surface area contributed by atoms with E-state index in [1.165, 1.54) is 0 Å². The van der Waals surface area contributed by atoms with Crippen LogP contribution in [0.25, 0.3) is 0 Å². The summed E-state index contributed by atoms with van der Waals surface area (Å²) in [5.41, 5.74) is 2.01. The van der Waals surface area contributed by atoms with Crippen LogP contribution in [0.2, 0.25) is 5.02 Å². The molecule has 1 heterocycles. The fourth-order valence-corrected chi connectivity index (χ4v) is 2.20. The Morgan fingerprint density at radius 3 is 2.67 bits per heavy atom.